The van der Waals surface area contributed by atoms with Crippen molar-refractivity contribution in [3.05, 3.63) is 0 Å². The molecule has 0 aliphatic carbocycles. The monoisotopic (exact) mass is 132 g/mol. The van der Waals surface area contributed by atoms with E-state index in [9.17, 15) is 0 Å². The van der Waals surface area contributed by atoms with E-state index in [-0.39, 0.29) is 0 Å². The van der Waals surface area contributed by atoms with E-state index in [2.05, 4.69) is 39.5 Å². The molecule has 0 unspecified atom stereocenters. The molecule has 0 bridgehead atoms. The first-order chi connectivity index (χ1) is 3.66. The molecule has 0 spiro atoms. The summed E-state index contributed by atoms with van der Waals surface area (Å²) in [4.78, 5) is 0. The topological polar surface area (TPSA) is 0 Å². The van der Waals surface area contributed by atoms with Gasteiger partial charge in [0.05, 0.1) is 0 Å². The number of hydrogen-bond donors (Lipinski definition) is 0. The molecule has 0 heterocycles. The lowest BCUT2D eigenvalue weighted by Gasteiger charge is -2.09. The van der Waals surface area contributed by atoms with E-state index in [1.165, 1.54) is 6.42 Å². The van der Waals surface area contributed by atoms with Crippen LogP contribution in [0, 0.1) is 0 Å². The van der Waals surface area contributed by atoms with Crippen LogP contribution >= 0.6 is 11.8 Å². The zero-order valence-electron chi connectivity index (χ0n) is 6.27. The van der Waals surface area contributed by atoms with E-state index < -0.39 is 0 Å². The summed E-state index contributed by atoms with van der Waals surface area (Å²) in [5.74, 6) is 0. The summed E-state index contributed by atoms with van der Waals surface area (Å²) in [6.45, 7) is 9.01. The first-order valence-electron chi connectivity index (χ1n) is 3.32. The summed E-state index contributed by atoms with van der Waals surface area (Å²) in [5.41, 5.74) is 0. The summed E-state index contributed by atoms with van der Waals surface area (Å²) < 4.78 is 0. The van der Waals surface area contributed by atoms with Crippen molar-refractivity contribution in [2.24, 2.45) is 0 Å². The molecule has 1 heteroatoms. The molecule has 0 saturated heterocycles. The average molecular weight is 132 g/mol. The lowest BCUT2D eigenvalue weighted by molar-refractivity contribution is 0.896. The molecule has 0 fully saturated rings. The van der Waals surface area contributed by atoms with Crippen molar-refractivity contribution in [3.63, 3.8) is 0 Å². The van der Waals surface area contributed by atoms with Gasteiger partial charge in [-0.1, -0.05) is 27.7 Å². The van der Waals surface area contributed by atoms with Gasteiger partial charge in [0.1, 0.15) is 0 Å². The lowest BCUT2D eigenvalue weighted by atomic mass is 10.4. The van der Waals surface area contributed by atoms with Crippen molar-refractivity contribution >= 4 is 11.8 Å². The number of hydrogen-bond acceptors (Lipinski definition) is 1. The van der Waals surface area contributed by atoms with E-state index in [4.69, 9.17) is 0 Å². The molecule has 0 aromatic carbocycles. The van der Waals surface area contributed by atoms with Gasteiger partial charge in [-0.25, -0.2) is 0 Å². The maximum atomic E-state index is 2.28. The van der Waals surface area contributed by atoms with Gasteiger partial charge in [-0.05, 0) is 11.7 Å². The number of thioether (sulfide) groups is 1. The summed E-state index contributed by atoms with van der Waals surface area (Å²) in [6.07, 6.45) is 1.29. The largest absolute Gasteiger partial charge is 0.156 e. The third-order valence-corrected chi connectivity index (χ3v) is 2.42. The van der Waals surface area contributed by atoms with Crippen molar-refractivity contribution in [1.29, 1.82) is 0 Å². The van der Waals surface area contributed by atoms with Crippen LogP contribution in [0.4, 0.5) is 0 Å². The highest BCUT2D eigenvalue weighted by atomic mass is 32.2. The Labute approximate surface area is 57.1 Å². The van der Waals surface area contributed by atoms with Crippen molar-refractivity contribution in [2.45, 2.75) is 44.6 Å². The Morgan fingerprint density at radius 2 is 1.75 bits per heavy atom. The maximum absolute atomic E-state index is 2.28. The predicted molar refractivity (Wildman–Crippen MR) is 42.5 cm³/mol. The molecule has 8 heavy (non-hydrogen) atoms. The normalized spacial score (nSPS) is 14.6. The van der Waals surface area contributed by atoms with Gasteiger partial charge in [-0.2, -0.15) is 11.8 Å². The minimum absolute atomic E-state index is 0.796. The fourth-order valence-electron chi connectivity index (χ4n) is 0.561. The summed E-state index contributed by atoms with van der Waals surface area (Å²) in [6, 6.07) is 0. The van der Waals surface area contributed by atoms with Crippen molar-refractivity contribution < 1.29 is 0 Å². The molecule has 0 aromatic heterocycles. The smallest absolute Gasteiger partial charge is 0.00186 e. The van der Waals surface area contributed by atoms with Crippen LogP contribution in [0.5, 0.6) is 0 Å². The van der Waals surface area contributed by atoms with Gasteiger partial charge in [-0.15, -0.1) is 0 Å². The summed E-state index contributed by atoms with van der Waals surface area (Å²) >= 11 is 2.05. The second kappa shape index (κ2) is 4.25. The van der Waals surface area contributed by atoms with Gasteiger partial charge < -0.3 is 0 Å². The Morgan fingerprint density at radius 3 is 1.88 bits per heavy atom. The fraction of sp³-hybridized carbons (Fsp3) is 1.00. The average Bonchev–Trinajstić information content (AvgIpc) is 1.65. The second-order valence-corrected chi connectivity index (χ2v) is 4.42. The lowest BCUT2D eigenvalue weighted by Crippen LogP contribution is -1.98. The van der Waals surface area contributed by atoms with Gasteiger partial charge in [0.25, 0.3) is 0 Å². The van der Waals surface area contributed by atoms with Crippen LogP contribution in [0.1, 0.15) is 34.1 Å². The SMILES string of the molecule is CC[C@@H](C)SC(C)C. The fourth-order valence-corrected chi connectivity index (χ4v) is 1.68. The Hall–Kier alpha value is 0.350. The van der Waals surface area contributed by atoms with Crippen LogP contribution in [0.15, 0.2) is 0 Å². The van der Waals surface area contributed by atoms with Crippen molar-refractivity contribution in [3.8, 4) is 0 Å². The Morgan fingerprint density at radius 1 is 1.25 bits per heavy atom. The third-order valence-electron chi connectivity index (χ3n) is 1.08. The zero-order valence-corrected chi connectivity index (χ0v) is 7.09. The minimum atomic E-state index is 0.796. The Kier molecular flexibility index (Phi) is 4.44. The number of rotatable bonds is 3. The van der Waals surface area contributed by atoms with Gasteiger partial charge in [0.15, 0.2) is 0 Å². The first-order valence-corrected chi connectivity index (χ1v) is 4.26. The van der Waals surface area contributed by atoms with Crippen LogP contribution in [0.3, 0.4) is 0 Å². The molecule has 0 amide bonds. The van der Waals surface area contributed by atoms with Gasteiger partial charge in [-0.3, -0.25) is 0 Å². The van der Waals surface area contributed by atoms with Gasteiger partial charge in [0, 0.05) is 5.25 Å². The molecule has 0 nitrogen and oxygen atoms in total. The molecule has 0 radical (unpaired) electrons. The highest BCUT2D eigenvalue weighted by Gasteiger charge is 2.00. The van der Waals surface area contributed by atoms with Gasteiger partial charge >= 0.3 is 0 Å². The maximum Gasteiger partial charge on any atom is 0.00186 e. The van der Waals surface area contributed by atoms with Crippen LogP contribution in [-0.4, -0.2) is 10.5 Å². The highest BCUT2D eigenvalue weighted by molar-refractivity contribution is 8.00. The zero-order chi connectivity index (χ0) is 6.57. The molecular formula is C7H16S. The molecular weight excluding hydrogens is 116 g/mol. The van der Waals surface area contributed by atoms with E-state index in [0.29, 0.717) is 0 Å². The van der Waals surface area contributed by atoms with Crippen LogP contribution in [0.2, 0.25) is 0 Å². The molecule has 0 rings (SSSR count). The molecule has 50 valence electrons. The van der Waals surface area contributed by atoms with E-state index in [1.54, 1.807) is 0 Å². The molecule has 1 atom stereocenters. The highest BCUT2D eigenvalue weighted by Crippen LogP contribution is 2.18. The summed E-state index contributed by atoms with van der Waals surface area (Å²) in [7, 11) is 0. The summed E-state index contributed by atoms with van der Waals surface area (Å²) in [5, 5.41) is 1.64. The Bertz CT molecular complexity index is 50.3. The quantitative estimate of drug-likeness (QED) is 0.569. The third kappa shape index (κ3) is 4.51. The molecule has 0 aromatic rings. The van der Waals surface area contributed by atoms with E-state index >= 15 is 0 Å². The molecule has 0 N–H and O–H groups in total. The van der Waals surface area contributed by atoms with Crippen LogP contribution in [-0.2, 0) is 0 Å². The molecule has 0 aliphatic rings. The van der Waals surface area contributed by atoms with Crippen LogP contribution in [0.25, 0.3) is 0 Å². The van der Waals surface area contributed by atoms with Gasteiger partial charge in [0.2, 0.25) is 0 Å². The second-order valence-electron chi connectivity index (χ2n) is 2.40. The molecule has 0 aliphatic heterocycles. The standard InChI is InChI=1S/C7H16S/c1-5-7(4)8-6(2)3/h6-7H,5H2,1-4H3/t7-/m1/s1. The van der Waals surface area contributed by atoms with Crippen molar-refractivity contribution in [1.82, 2.24) is 0 Å². The first kappa shape index (κ1) is 8.35. The minimum Gasteiger partial charge on any atom is -0.156 e. The molecule has 0 saturated carbocycles. The van der Waals surface area contributed by atoms with E-state index in [0.717, 1.165) is 10.5 Å². The predicted octanol–water partition coefficient (Wildman–Crippen LogP) is 2.93. The van der Waals surface area contributed by atoms with E-state index in [1.807, 2.05) is 0 Å². The van der Waals surface area contributed by atoms with Crippen molar-refractivity contribution in [2.75, 3.05) is 0 Å². The Balaban J connectivity index is 3.10. The van der Waals surface area contributed by atoms with Crippen LogP contribution < -0.4 is 0 Å².